The number of ether oxygens (including phenoxy) is 2. The second-order valence-electron chi connectivity index (χ2n) is 6.77. The van der Waals surface area contributed by atoms with Gasteiger partial charge in [0.05, 0.1) is 0 Å². The molecule has 1 aliphatic rings. The van der Waals surface area contributed by atoms with Crippen LogP contribution in [0.1, 0.15) is 18.4 Å². The van der Waals surface area contributed by atoms with E-state index in [1.54, 1.807) is 18.2 Å². The highest BCUT2D eigenvalue weighted by atomic mass is 16.6. The van der Waals surface area contributed by atoms with Crippen molar-refractivity contribution in [1.82, 2.24) is 4.90 Å². The Morgan fingerprint density at radius 1 is 1.07 bits per heavy atom. The summed E-state index contributed by atoms with van der Waals surface area (Å²) in [6.07, 6.45) is 0.646. The van der Waals surface area contributed by atoms with Gasteiger partial charge in [0.25, 0.3) is 0 Å². The zero-order valence-corrected chi connectivity index (χ0v) is 15.6. The van der Waals surface area contributed by atoms with Crippen molar-refractivity contribution in [1.29, 1.82) is 0 Å². The van der Waals surface area contributed by atoms with Crippen LogP contribution in [0.2, 0.25) is 0 Å². The second kappa shape index (κ2) is 8.18. The third-order valence-corrected chi connectivity index (χ3v) is 4.78. The molecule has 29 heavy (non-hydrogen) atoms. The number of likely N-dealkylation sites (tertiary alicyclic amines) is 1. The molecule has 0 unspecified atom stereocenters. The highest BCUT2D eigenvalue weighted by Crippen LogP contribution is 2.24. The number of esters is 1. The van der Waals surface area contributed by atoms with E-state index >= 15 is 0 Å². The summed E-state index contributed by atoms with van der Waals surface area (Å²) in [7, 11) is 0. The first kappa shape index (κ1) is 18.7. The van der Waals surface area contributed by atoms with Crippen molar-refractivity contribution in [3.05, 3.63) is 76.6 Å². The lowest BCUT2D eigenvalue weighted by atomic mass is 10.2. The van der Waals surface area contributed by atoms with Gasteiger partial charge in [-0.1, -0.05) is 30.3 Å². The summed E-state index contributed by atoms with van der Waals surface area (Å²) in [5.41, 5.74) is 0.717. The lowest BCUT2D eigenvalue weighted by molar-refractivity contribution is -0.139. The minimum Gasteiger partial charge on any atom is -0.445 e. The summed E-state index contributed by atoms with van der Waals surface area (Å²) in [5.74, 6) is -0.293. The number of nitrogens with zero attached hydrogens (tertiary/aromatic N) is 1. The van der Waals surface area contributed by atoms with Gasteiger partial charge in [0.2, 0.25) is 0 Å². The first-order valence-electron chi connectivity index (χ1n) is 9.33. The fourth-order valence-electron chi connectivity index (χ4n) is 3.32. The van der Waals surface area contributed by atoms with Crippen LogP contribution in [0.25, 0.3) is 11.0 Å². The Balaban J connectivity index is 1.42. The Morgan fingerprint density at radius 2 is 1.86 bits per heavy atom. The lowest BCUT2D eigenvalue weighted by Gasteiger charge is -2.22. The van der Waals surface area contributed by atoms with Crippen LogP contribution < -0.4 is 10.4 Å². The van der Waals surface area contributed by atoms with Gasteiger partial charge in [0.15, 0.2) is 0 Å². The Kier molecular flexibility index (Phi) is 5.29. The van der Waals surface area contributed by atoms with E-state index < -0.39 is 23.7 Å². The van der Waals surface area contributed by atoms with Gasteiger partial charge in [-0.2, -0.15) is 0 Å². The van der Waals surface area contributed by atoms with Crippen molar-refractivity contribution in [3.63, 3.8) is 0 Å². The average Bonchev–Trinajstić information content (AvgIpc) is 3.23. The molecule has 148 valence electrons. The average molecular weight is 393 g/mol. The lowest BCUT2D eigenvalue weighted by Crippen LogP contribution is -2.42. The van der Waals surface area contributed by atoms with E-state index in [1.807, 2.05) is 30.3 Å². The Morgan fingerprint density at radius 3 is 2.69 bits per heavy atom. The van der Waals surface area contributed by atoms with Gasteiger partial charge in [-0.3, -0.25) is 4.90 Å². The van der Waals surface area contributed by atoms with Crippen molar-refractivity contribution in [2.45, 2.75) is 25.5 Å². The van der Waals surface area contributed by atoms with E-state index in [2.05, 4.69) is 0 Å². The number of carbonyl (C=O) groups is 2. The molecule has 2 aromatic carbocycles. The predicted molar refractivity (Wildman–Crippen MR) is 104 cm³/mol. The number of rotatable bonds is 4. The molecular formula is C22H19NO6. The van der Waals surface area contributed by atoms with Crippen LogP contribution in [0.3, 0.4) is 0 Å². The van der Waals surface area contributed by atoms with Crippen molar-refractivity contribution < 1.29 is 23.5 Å². The predicted octanol–water partition coefficient (Wildman–Crippen LogP) is 3.50. The van der Waals surface area contributed by atoms with Crippen LogP contribution in [0.4, 0.5) is 4.79 Å². The molecule has 0 radical (unpaired) electrons. The number of hydrogen-bond donors (Lipinski definition) is 0. The van der Waals surface area contributed by atoms with Crippen LogP contribution in [0.5, 0.6) is 5.75 Å². The molecule has 3 aromatic rings. The van der Waals surface area contributed by atoms with Gasteiger partial charge in [-0.25, -0.2) is 14.4 Å². The molecule has 0 bridgehead atoms. The molecule has 1 aromatic heterocycles. The number of carbonyl (C=O) groups excluding carboxylic acids is 2. The molecular weight excluding hydrogens is 374 g/mol. The maximum atomic E-state index is 12.6. The molecule has 7 nitrogen and oxygen atoms in total. The smallest absolute Gasteiger partial charge is 0.410 e. The summed E-state index contributed by atoms with van der Waals surface area (Å²) >= 11 is 0. The zero-order chi connectivity index (χ0) is 20.2. The Bertz CT molecular complexity index is 1090. The molecule has 0 aliphatic carbocycles. The molecule has 1 aliphatic heterocycles. The topological polar surface area (TPSA) is 86.1 Å². The summed E-state index contributed by atoms with van der Waals surface area (Å²) < 4.78 is 15.9. The van der Waals surface area contributed by atoms with E-state index in [0.29, 0.717) is 25.0 Å². The summed E-state index contributed by atoms with van der Waals surface area (Å²) in [5, 5.41) is 0.719. The third-order valence-electron chi connectivity index (χ3n) is 4.78. The standard InChI is InChI=1S/C22H19NO6/c24-20-11-9-16-8-10-17(13-19(16)29-20)28-21(25)18-7-4-12-23(18)22(26)27-14-15-5-2-1-3-6-15/h1-3,5-6,8-11,13,18H,4,7,12,14H2/t18-/m1/s1. The molecule has 4 rings (SSSR count). The molecule has 2 heterocycles. The van der Waals surface area contributed by atoms with Crippen LogP contribution in [0, 0.1) is 0 Å². The molecule has 1 atom stereocenters. The third kappa shape index (κ3) is 4.29. The van der Waals surface area contributed by atoms with Crippen molar-refractivity contribution in [2.75, 3.05) is 6.54 Å². The zero-order valence-electron chi connectivity index (χ0n) is 15.6. The van der Waals surface area contributed by atoms with Gasteiger partial charge in [-0.15, -0.1) is 0 Å². The fraction of sp³-hybridized carbons (Fsp3) is 0.227. The number of hydrogen-bond acceptors (Lipinski definition) is 6. The van der Waals surface area contributed by atoms with Crippen LogP contribution in [-0.2, 0) is 16.1 Å². The number of amides is 1. The first-order valence-corrected chi connectivity index (χ1v) is 9.33. The number of benzene rings is 2. The van der Waals surface area contributed by atoms with Gasteiger partial charge < -0.3 is 13.9 Å². The SMILES string of the molecule is O=C(Oc1ccc2ccc(=O)oc2c1)[C@H]1CCCN1C(=O)OCc1ccccc1. The van der Waals surface area contributed by atoms with E-state index in [4.69, 9.17) is 13.9 Å². The quantitative estimate of drug-likeness (QED) is 0.383. The maximum Gasteiger partial charge on any atom is 0.410 e. The van der Waals surface area contributed by atoms with Gasteiger partial charge in [0, 0.05) is 24.1 Å². The Hall–Kier alpha value is -3.61. The van der Waals surface area contributed by atoms with Crippen molar-refractivity contribution in [3.8, 4) is 5.75 Å². The van der Waals surface area contributed by atoms with Gasteiger partial charge in [-0.05, 0) is 36.6 Å². The van der Waals surface area contributed by atoms with Crippen molar-refractivity contribution >= 4 is 23.0 Å². The Labute approximate surface area is 166 Å². The van der Waals surface area contributed by atoms with Crippen LogP contribution in [0.15, 0.2) is 69.9 Å². The van der Waals surface area contributed by atoms with E-state index in [9.17, 15) is 14.4 Å². The normalized spacial score (nSPS) is 16.0. The number of fused-ring (bicyclic) bond motifs is 1. The highest BCUT2D eigenvalue weighted by Gasteiger charge is 2.36. The first-order chi connectivity index (χ1) is 14.1. The molecule has 0 saturated carbocycles. The largest absolute Gasteiger partial charge is 0.445 e. The monoisotopic (exact) mass is 393 g/mol. The maximum absolute atomic E-state index is 12.6. The van der Waals surface area contributed by atoms with Crippen LogP contribution >= 0.6 is 0 Å². The molecule has 0 N–H and O–H groups in total. The molecule has 1 fully saturated rings. The second-order valence-corrected chi connectivity index (χ2v) is 6.77. The highest BCUT2D eigenvalue weighted by molar-refractivity contribution is 5.85. The fourth-order valence-corrected chi connectivity index (χ4v) is 3.32. The van der Waals surface area contributed by atoms with Gasteiger partial charge >= 0.3 is 17.7 Å². The van der Waals surface area contributed by atoms with Crippen molar-refractivity contribution in [2.24, 2.45) is 0 Å². The summed E-state index contributed by atoms with van der Waals surface area (Å²) in [4.78, 5) is 37.9. The van der Waals surface area contributed by atoms with E-state index in [0.717, 1.165) is 10.9 Å². The molecule has 7 heteroatoms. The van der Waals surface area contributed by atoms with E-state index in [-0.39, 0.29) is 12.4 Å². The molecule has 0 spiro atoms. The molecule has 1 saturated heterocycles. The van der Waals surface area contributed by atoms with E-state index in [1.165, 1.54) is 17.0 Å². The van der Waals surface area contributed by atoms with Gasteiger partial charge in [0.1, 0.15) is 24.0 Å². The minimum absolute atomic E-state index is 0.141. The van der Waals surface area contributed by atoms with Crippen LogP contribution in [-0.4, -0.2) is 29.5 Å². The summed E-state index contributed by atoms with van der Waals surface area (Å²) in [6, 6.07) is 16.4. The molecule has 1 amide bonds. The minimum atomic E-state index is -0.711. The summed E-state index contributed by atoms with van der Waals surface area (Å²) in [6.45, 7) is 0.571.